The maximum atomic E-state index is 11.7. The van der Waals surface area contributed by atoms with Crippen molar-refractivity contribution in [3.63, 3.8) is 0 Å². The van der Waals surface area contributed by atoms with Crippen LogP contribution >= 0.6 is 0 Å². The van der Waals surface area contributed by atoms with Crippen LogP contribution in [0.4, 0.5) is 0 Å². The van der Waals surface area contributed by atoms with Gasteiger partial charge >= 0.3 is 5.69 Å². The van der Waals surface area contributed by atoms with Gasteiger partial charge in [-0.1, -0.05) is 0 Å². The van der Waals surface area contributed by atoms with Crippen LogP contribution in [0.5, 0.6) is 0 Å². The summed E-state index contributed by atoms with van der Waals surface area (Å²) >= 11 is 0. The first kappa shape index (κ1) is 13.3. The van der Waals surface area contributed by atoms with Crippen LogP contribution in [0.25, 0.3) is 0 Å². The van der Waals surface area contributed by atoms with Gasteiger partial charge in [-0.3, -0.25) is 14.2 Å². The van der Waals surface area contributed by atoms with Gasteiger partial charge in [0.2, 0.25) is 11.8 Å². The highest BCUT2D eigenvalue weighted by atomic mass is 16.2. The molecule has 2 amide bonds. The molecule has 0 aromatic carbocycles. The lowest BCUT2D eigenvalue weighted by atomic mass is 10.4. The van der Waals surface area contributed by atoms with E-state index in [9.17, 15) is 14.4 Å². The number of nitrogens with one attached hydrogen (secondary N) is 1. The fourth-order valence-electron chi connectivity index (χ4n) is 2.00. The van der Waals surface area contributed by atoms with Gasteiger partial charge < -0.3 is 10.2 Å². The molecule has 2 heterocycles. The Morgan fingerprint density at radius 1 is 1.37 bits per heavy atom. The lowest BCUT2D eigenvalue weighted by Gasteiger charge is -2.15. The summed E-state index contributed by atoms with van der Waals surface area (Å²) in [7, 11) is 1.51. The summed E-state index contributed by atoms with van der Waals surface area (Å²) in [5.41, 5.74) is -0.360. The Morgan fingerprint density at radius 3 is 2.63 bits per heavy atom. The number of carbonyl (C=O) groups is 2. The lowest BCUT2D eigenvalue weighted by molar-refractivity contribution is -0.132. The van der Waals surface area contributed by atoms with Crippen LogP contribution < -0.4 is 11.0 Å². The SMILES string of the molecule is Cn1ncn(CC(=O)NCC(=O)N2CCCC2)c1=O. The highest BCUT2D eigenvalue weighted by Gasteiger charge is 2.18. The number of hydrogen-bond acceptors (Lipinski definition) is 4. The summed E-state index contributed by atoms with van der Waals surface area (Å²) in [6, 6.07) is 0. The van der Waals surface area contributed by atoms with Crippen LogP contribution in [0.3, 0.4) is 0 Å². The molecule has 0 aliphatic carbocycles. The van der Waals surface area contributed by atoms with Crippen molar-refractivity contribution < 1.29 is 9.59 Å². The van der Waals surface area contributed by atoms with Gasteiger partial charge in [0.15, 0.2) is 0 Å². The van der Waals surface area contributed by atoms with E-state index in [0.717, 1.165) is 30.6 Å². The molecule has 8 nitrogen and oxygen atoms in total. The van der Waals surface area contributed by atoms with Crippen molar-refractivity contribution in [1.82, 2.24) is 24.6 Å². The molecule has 0 saturated carbocycles. The zero-order valence-electron chi connectivity index (χ0n) is 10.8. The van der Waals surface area contributed by atoms with E-state index < -0.39 is 0 Å². The molecule has 2 rings (SSSR count). The minimum absolute atomic E-state index is 0.0200. The van der Waals surface area contributed by atoms with E-state index in [0.29, 0.717) is 0 Å². The first-order valence-electron chi connectivity index (χ1n) is 6.21. The van der Waals surface area contributed by atoms with Gasteiger partial charge in [0.25, 0.3) is 0 Å². The lowest BCUT2D eigenvalue weighted by Crippen LogP contribution is -2.40. The Labute approximate surface area is 110 Å². The maximum Gasteiger partial charge on any atom is 0.345 e. The highest BCUT2D eigenvalue weighted by molar-refractivity contribution is 5.84. The monoisotopic (exact) mass is 267 g/mol. The molecule has 1 N–H and O–H groups in total. The second kappa shape index (κ2) is 5.68. The van der Waals surface area contributed by atoms with Crippen LogP contribution in [0.15, 0.2) is 11.1 Å². The van der Waals surface area contributed by atoms with Gasteiger partial charge in [0.1, 0.15) is 12.9 Å². The number of aromatic nitrogens is 3. The van der Waals surface area contributed by atoms with Crippen LogP contribution in [-0.2, 0) is 23.2 Å². The summed E-state index contributed by atoms with van der Waals surface area (Å²) in [5, 5.41) is 6.26. The Kier molecular flexibility index (Phi) is 3.98. The van der Waals surface area contributed by atoms with Gasteiger partial charge in [-0.15, -0.1) is 0 Å². The van der Waals surface area contributed by atoms with E-state index in [4.69, 9.17) is 0 Å². The molecular formula is C11H17N5O3. The third-order valence-electron chi connectivity index (χ3n) is 3.10. The molecule has 0 radical (unpaired) electrons. The Balaban J connectivity index is 1.80. The number of hydrogen-bond donors (Lipinski definition) is 1. The van der Waals surface area contributed by atoms with Crippen LogP contribution in [-0.4, -0.2) is 50.7 Å². The van der Waals surface area contributed by atoms with Crippen molar-refractivity contribution >= 4 is 11.8 Å². The van der Waals surface area contributed by atoms with Crippen LogP contribution in [0.1, 0.15) is 12.8 Å². The third kappa shape index (κ3) is 3.21. The molecule has 104 valence electrons. The van der Waals surface area contributed by atoms with Gasteiger partial charge in [0, 0.05) is 20.1 Å². The quantitative estimate of drug-likeness (QED) is 0.705. The Morgan fingerprint density at radius 2 is 2.05 bits per heavy atom. The third-order valence-corrected chi connectivity index (χ3v) is 3.10. The molecule has 1 saturated heterocycles. The molecule has 1 fully saturated rings. The minimum Gasteiger partial charge on any atom is -0.345 e. The minimum atomic E-state index is -0.373. The molecule has 1 aromatic heterocycles. The topological polar surface area (TPSA) is 89.2 Å². The smallest absolute Gasteiger partial charge is 0.345 e. The first-order valence-corrected chi connectivity index (χ1v) is 6.21. The van der Waals surface area contributed by atoms with E-state index in [1.165, 1.54) is 17.9 Å². The average molecular weight is 267 g/mol. The molecule has 1 aromatic rings. The summed E-state index contributed by atoms with van der Waals surface area (Å²) in [6.45, 7) is 1.38. The zero-order chi connectivity index (χ0) is 13.8. The van der Waals surface area contributed by atoms with Crippen LogP contribution in [0, 0.1) is 0 Å². The second-order valence-electron chi connectivity index (χ2n) is 4.53. The number of amides is 2. The fraction of sp³-hybridized carbons (Fsp3) is 0.636. The summed E-state index contributed by atoms with van der Waals surface area (Å²) < 4.78 is 2.33. The number of aryl methyl sites for hydroxylation is 1. The predicted octanol–water partition coefficient (Wildman–Crippen LogP) is -1.68. The highest BCUT2D eigenvalue weighted by Crippen LogP contribution is 2.06. The van der Waals surface area contributed by atoms with Crippen molar-refractivity contribution in [3.05, 3.63) is 16.8 Å². The molecule has 0 spiro atoms. The molecule has 0 atom stereocenters. The fourth-order valence-corrected chi connectivity index (χ4v) is 2.00. The van der Waals surface area contributed by atoms with E-state index in [1.54, 1.807) is 4.90 Å². The van der Waals surface area contributed by atoms with Crippen molar-refractivity contribution in [2.45, 2.75) is 19.4 Å². The van der Waals surface area contributed by atoms with Crippen molar-refractivity contribution in [2.75, 3.05) is 19.6 Å². The first-order chi connectivity index (χ1) is 9.08. The molecule has 1 aliphatic heterocycles. The number of rotatable bonds is 4. The second-order valence-corrected chi connectivity index (χ2v) is 4.53. The molecule has 0 bridgehead atoms. The molecule has 19 heavy (non-hydrogen) atoms. The van der Waals surface area contributed by atoms with Gasteiger partial charge in [-0.2, -0.15) is 5.10 Å². The van der Waals surface area contributed by atoms with E-state index in [-0.39, 0.29) is 30.6 Å². The Bertz CT molecular complexity index is 527. The van der Waals surface area contributed by atoms with Gasteiger partial charge in [0.05, 0.1) is 6.54 Å². The standard InChI is InChI=1S/C11H17N5O3/c1-14-11(19)16(8-13-14)7-9(17)12-6-10(18)15-4-2-3-5-15/h8H,2-7H2,1H3,(H,12,17). The number of nitrogens with zero attached hydrogens (tertiary/aromatic N) is 4. The van der Waals surface area contributed by atoms with Crippen molar-refractivity contribution in [2.24, 2.45) is 7.05 Å². The van der Waals surface area contributed by atoms with Gasteiger partial charge in [-0.25, -0.2) is 9.48 Å². The van der Waals surface area contributed by atoms with Crippen molar-refractivity contribution in [1.29, 1.82) is 0 Å². The van der Waals surface area contributed by atoms with E-state index in [2.05, 4.69) is 10.4 Å². The van der Waals surface area contributed by atoms with Gasteiger partial charge in [-0.05, 0) is 12.8 Å². The zero-order valence-corrected chi connectivity index (χ0v) is 10.8. The summed E-state index contributed by atoms with van der Waals surface area (Å²) in [6.07, 6.45) is 3.33. The Hall–Kier alpha value is -2.12. The average Bonchev–Trinajstić information content (AvgIpc) is 3.02. The predicted molar refractivity (Wildman–Crippen MR) is 66.3 cm³/mol. The molecular weight excluding hydrogens is 250 g/mol. The van der Waals surface area contributed by atoms with E-state index >= 15 is 0 Å². The molecule has 0 unspecified atom stereocenters. The normalized spacial score (nSPS) is 14.7. The molecule has 8 heteroatoms. The number of likely N-dealkylation sites (tertiary alicyclic amines) is 1. The maximum absolute atomic E-state index is 11.7. The summed E-state index contributed by atoms with van der Waals surface area (Å²) in [5.74, 6) is -0.452. The van der Waals surface area contributed by atoms with Crippen LogP contribution in [0.2, 0.25) is 0 Å². The number of carbonyl (C=O) groups excluding carboxylic acids is 2. The largest absolute Gasteiger partial charge is 0.345 e. The van der Waals surface area contributed by atoms with Crippen molar-refractivity contribution in [3.8, 4) is 0 Å². The van der Waals surface area contributed by atoms with E-state index in [1.807, 2.05) is 0 Å². The molecule has 1 aliphatic rings. The summed E-state index contributed by atoms with van der Waals surface area (Å²) in [4.78, 5) is 36.5.